The van der Waals surface area contributed by atoms with Crippen molar-refractivity contribution in [1.29, 1.82) is 0 Å². The van der Waals surface area contributed by atoms with Crippen molar-refractivity contribution < 1.29 is 0 Å². The van der Waals surface area contributed by atoms with Gasteiger partial charge < -0.3 is 5.32 Å². The zero-order chi connectivity index (χ0) is 15.4. The summed E-state index contributed by atoms with van der Waals surface area (Å²) in [6.07, 6.45) is 0.830. The monoisotopic (exact) mass is 497 g/mol. The van der Waals surface area contributed by atoms with E-state index in [-0.39, 0.29) is 6.04 Å². The van der Waals surface area contributed by atoms with Crippen LogP contribution in [0.5, 0.6) is 0 Å². The van der Waals surface area contributed by atoms with Crippen LogP contribution in [0.3, 0.4) is 0 Å². The van der Waals surface area contributed by atoms with E-state index in [0.29, 0.717) is 5.02 Å². The van der Waals surface area contributed by atoms with Crippen molar-refractivity contribution in [3.63, 3.8) is 0 Å². The summed E-state index contributed by atoms with van der Waals surface area (Å²) in [7, 11) is 0. The van der Waals surface area contributed by atoms with E-state index in [1.807, 2.05) is 12.1 Å². The van der Waals surface area contributed by atoms with Crippen molar-refractivity contribution in [1.82, 2.24) is 5.32 Å². The number of hydrogen-bond acceptors (Lipinski definition) is 1. The van der Waals surface area contributed by atoms with Gasteiger partial charge in [0, 0.05) is 24.1 Å². The van der Waals surface area contributed by atoms with Crippen LogP contribution in [0.25, 0.3) is 0 Å². The Morgan fingerprint density at radius 1 is 1.19 bits per heavy atom. The molecule has 0 aliphatic rings. The van der Waals surface area contributed by atoms with Crippen molar-refractivity contribution in [3.05, 3.63) is 65.6 Å². The summed E-state index contributed by atoms with van der Waals surface area (Å²) in [5.41, 5.74) is 2.38. The van der Waals surface area contributed by atoms with Crippen LogP contribution >= 0.6 is 61.7 Å². The van der Waals surface area contributed by atoms with Gasteiger partial charge >= 0.3 is 0 Å². The normalized spacial score (nSPS) is 12.4. The van der Waals surface area contributed by atoms with E-state index in [9.17, 15) is 0 Å². The highest BCUT2D eigenvalue weighted by atomic mass is 127. The highest BCUT2D eigenvalue weighted by molar-refractivity contribution is 14.1. The Bertz CT molecular complexity index is 634. The molecule has 1 nitrogen and oxygen atoms in total. The summed E-state index contributed by atoms with van der Waals surface area (Å²) in [5.74, 6) is 0. The zero-order valence-electron chi connectivity index (χ0n) is 11.5. The molecule has 21 heavy (non-hydrogen) atoms. The topological polar surface area (TPSA) is 12.0 Å². The second kappa shape index (κ2) is 8.16. The molecular weight excluding hydrogens is 484 g/mol. The molecular formula is C16H15BrCl2IN. The number of rotatable bonds is 5. The number of halogens is 4. The molecule has 1 N–H and O–H groups in total. The third-order valence-electron chi connectivity index (χ3n) is 3.22. The summed E-state index contributed by atoms with van der Waals surface area (Å²) >= 11 is 18.2. The minimum atomic E-state index is 0.220. The van der Waals surface area contributed by atoms with E-state index in [1.165, 1.54) is 9.13 Å². The Hall–Kier alpha value is 0.190. The molecule has 2 aromatic carbocycles. The zero-order valence-corrected chi connectivity index (χ0v) is 16.7. The second-order valence-electron chi connectivity index (χ2n) is 4.72. The smallest absolute Gasteiger partial charge is 0.0453 e. The summed E-state index contributed by atoms with van der Waals surface area (Å²) in [6, 6.07) is 12.2. The average Bonchev–Trinajstić information content (AvgIpc) is 2.44. The first kappa shape index (κ1) is 17.5. The van der Waals surface area contributed by atoms with Crippen LogP contribution in [-0.2, 0) is 6.42 Å². The van der Waals surface area contributed by atoms with E-state index >= 15 is 0 Å². The Morgan fingerprint density at radius 3 is 2.62 bits per heavy atom. The molecule has 0 heterocycles. The lowest BCUT2D eigenvalue weighted by Crippen LogP contribution is -2.24. The SMILES string of the molecule is CCNC(Cc1ccc(Cl)cc1Cl)c1cc(Br)ccc1I. The summed E-state index contributed by atoms with van der Waals surface area (Å²) < 4.78 is 2.33. The molecule has 0 amide bonds. The largest absolute Gasteiger partial charge is 0.310 e. The first-order chi connectivity index (χ1) is 10.0. The Morgan fingerprint density at radius 2 is 1.95 bits per heavy atom. The van der Waals surface area contributed by atoms with Crippen LogP contribution in [0.15, 0.2) is 40.9 Å². The minimum Gasteiger partial charge on any atom is -0.310 e. The Balaban J connectivity index is 2.32. The van der Waals surface area contributed by atoms with Crippen molar-refractivity contribution in [2.75, 3.05) is 6.54 Å². The van der Waals surface area contributed by atoms with Crippen molar-refractivity contribution in [3.8, 4) is 0 Å². The van der Waals surface area contributed by atoms with Gasteiger partial charge in [-0.15, -0.1) is 0 Å². The summed E-state index contributed by atoms with van der Waals surface area (Å²) in [4.78, 5) is 0. The molecule has 5 heteroatoms. The minimum absolute atomic E-state index is 0.220. The molecule has 0 bridgehead atoms. The van der Waals surface area contributed by atoms with Gasteiger partial charge in [-0.05, 0) is 77.0 Å². The molecule has 0 saturated heterocycles. The van der Waals surface area contributed by atoms with Crippen molar-refractivity contribution in [2.24, 2.45) is 0 Å². The Labute approximate surface area is 157 Å². The van der Waals surface area contributed by atoms with Gasteiger partial charge in [0.25, 0.3) is 0 Å². The second-order valence-corrected chi connectivity index (χ2v) is 7.64. The third kappa shape index (κ3) is 4.83. The quantitative estimate of drug-likeness (QED) is 0.480. The molecule has 0 spiro atoms. The van der Waals surface area contributed by atoms with Gasteiger partial charge in [0.05, 0.1) is 0 Å². The molecule has 0 aliphatic carbocycles. The molecule has 2 rings (SSSR count). The van der Waals surface area contributed by atoms with Gasteiger partial charge in [-0.2, -0.15) is 0 Å². The predicted octanol–water partition coefficient (Wildman–Crippen LogP) is 6.25. The fourth-order valence-corrected chi connectivity index (χ4v) is 3.80. The molecule has 2 aromatic rings. The van der Waals surface area contributed by atoms with Gasteiger partial charge in [0.1, 0.15) is 0 Å². The van der Waals surface area contributed by atoms with Crippen molar-refractivity contribution >= 4 is 61.7 Å². The first-order valence-corrected chi connectivity index (χ1v) is 9.26. The molecule has 0 fully saturated rings. The molecule has 1 atom stereocenters. The predicted molar refractivity (Wildman–Crippen MR) is 103 cm³/mol. The van der Waals surface area contributed by atoms with E-state index < -0.39 is 0 Å². The lowest BCUT2D eigenvalue weighted by Gasteiger charge is -2.21. The molecule has 0 aliphatic heterocycles. The summed E-state index contributed by atoms with van der Waals surface area (Å²) in [6.45, 7) is 3.01. The molecule has 1 unspecified atom stereocenters. The van der Waals surface area contributed by atoms with E-state index in [4.69, 9.17) is 23.2 Å². The molecule has 0 saturated carbocycles. The number of nitrogens with one attached hydrogen (secondary N) is 1. The van der Waals surface area contributed by atoms with Gasteiger partial charge in [0.15, 0.2) is 0 Å². The number of benzene rings is 2. The van der Waals surface area contributed by atoms with Gasteiger partial charge in [-0.3, -0.25) is 0 Å². The van der Waals surface area contributed by atoms with Crippen LogP contribution in [-0.4, -0.2) is 6.54 Å². The average molecular weight is 499 g/mol. The van der Waals surface area contributed by atoms with Crippen molar-refractivity contribution in [2.45, 2.75) is 19.4 Å². The maximum Gasteiger partial charge on any atom is 0.0453 e. The van der Waals surface area contributed by atoms with Gasteiger partial charge in [-0.1, -0.05) is 52.1 Å². The van der Waals surface area contributed by atoms with Crippen LogP contribution in [0.1, 0.15) is 24.1 Å². The van der Waals surface area contributed by atoms with E-state index in [0.717, 1.165) is 28.0 Å². The lowest BCUT2D eigenvalue weighted by molar-refractivity contribution is 0.547. The molecule has 0 aromatic heterocycles. The molecule has 112 valence electrons. The van der Waals surface area contributed by atoms with Gasteiger partial charge in [-0.25, -0.2) is 0 Å². The maximum atomic E-state index is 6.31. The van der Waals surface area contributed by atoms with E-state index in [2.05, 4.69) is 69.0 Å². The molecule has 0 radical (unpaired) electrons. The fraction of sp³-hybridized carbons (Fsp3) is 0.250. The number of likely N-dealkylation sites (N-methyl/N-ethyl adjacent to an activating group) is 1. The third-order valence-corrected chi connectivity index (χ3v) is 5.29. The van der Waals surface area contributed by atoms with Crippen LogP contribution < -0.4 is 5.32 Å². The highest BCUT2D eigenvalue weighted by Crippen LogP contribution is 2.30. The highest BCUT2D eigenvalue weighted by Gasteiger charge is 2.16. The van der Waals surface area contributed by atoms with Crippen LogP contribution in [0.4, 0.5) is 0 Å². The lowest BCUT2D eigenvalue weighted by atomic mass is 9.99. The first-order valence-electron chi connectivity index (χ1n) is 6.63. The Kier molecular flexibility index (Phi) is 6.81. The van der Waals surface area contributed by atoms with Gasteiger partial charge in [0.2, 0.25) is 0 Å². The summed E-state index contributed by atoms with van der Waals surface area (Å²) in [5, 5.41) is 4.93. The fourth-order valence-electron chi connectivity index (χ4n) is 2.23. The van der Waals surface area contributed by atoms with E-state index in [1.54, 1.807) is 6.07 Å². The standard InChI is InChI=1S/C16H15BrCl2IN/c1-2-21-16(13-8-11(17)4-6-15(13)20)7-10-3-5-12(18)9-14(10)19/h3-6,8-9,16,21H,2,7H2,1H3. The van der Waals surface area contributed by atoms with Crippen LogP contribution in [0.2, 0.25) is 10.0 Å². The van der Waals surface area contributed by atoms with Crippen LogP contribution in [0, 0.1) is 3.57 Å². The maximum absolute atomic E-state index is 6.31. The number of hydrogen-bond donors (Lipinski definition) is 1.